The Kier molecular flexibility index (Phi) is 7.53. The summed E-state index contributed by atoms with van der Waals surface area (Å²) in [6.07, 6.45) is 5.49. The lowest BCUT2D eigenvalue weighted by Crippen LogP contribution is -2.24. The Morgan fingerprint density at radius 2 is 1.52 bits per heavy atom. The minimum Gasteiger partial charge on any atom is -0.326 e. The van der Waals surface area contributed by atoms with Crippen LogP contribution in [0.15, 0.2) is 53.4 Å². The van der Waals surface area contributed by atoms with E-state index >= 15 is 0 Å². The Balaban J connectivity index is 2.00. The van der Waals surface area contributed by atoms with Crippen LogP contribution < -0.4 is 15.4 Å². The third kappa shape index (κ3) is 6.75. The molecule has 0 aliphatic heterocycles. The van der Waals surface area contributed by atoms with Crippen molar-refractivity contribution >= 4 is 33.2 Å². The number of hydrogen-bond acceptors (Lipinski definition) is 4. The molecule has 2 rings (SSSR count). The highest BCUT2D eigenvalue weighted by Crippen LogP contribution is 2.16. The summed E-state index contributed by atoms with van der Waals surface area (Å²) in [5, 5.41) is 5.51. The summed E-state index contributed by atoms with van der Waals surface area (Å²) >= 11 is 0. The zero-order valence-corrected chi connectivity index (χ0v) is 17.0. The van der Waals surface area contributed by atoms with Crippen molar-refractivity contribution in [3.8, 4) is 12.3 Å². The normalized spacial score (nSPS) is 11.0. The van der Waals surface area contributed by atoms with Gasteiger partial charge in [-0.1, -0.05) is 19.8 Å². The number of terminal acetylenes is 1. The molecular formula is C21H23N3O4S. The second-order valence-corrected chi connectivity index (χ2v) is 8.50. The minimum atomic E-state index is -3.70. The molecule has 0 atom stereocenters. The van der Waals surface area contributed by atoms with E-state index in [1.807, 2.05) is 13.8 Å². The molecule has 0 spiro atoms. The van der Waals surface area contributed by atoms with Gasteiger partial charge in [-0.3, -0.25) is 9.59 Å². The van der Waals surface area contributed by atoms with Crippen molar-refractivity contribution in [1.29, 1.82) is 0 Å². The fraction of sp³-hybridized carbons (Fsp3) is 0.238. The minimum absolute atomic E-state index is 0.0193. The number of rotatable bonds is 8. The van der Waals surface area contributed by atoms with Crippen molar-refractivity contribution in [2.75, 3.05) is 17.2 Å². The lowest BCUT2D eigenvalue weighted by molar-refractivity contribution is -0.116. The van der Waals surface area contributed by atoms with E-state index in [1.54, 1.807) is 24.3 Å². The quantitative estimate of drug-likeness (QED) is 0.579. The molecule has 0 aliphatic carbocycles. The summed E-state index contributed by atoms with van der Waals surface area (Å²) in [5.74, 6) is 2.01. The van der Waals surface area contributed by atoms with Crippen LogP contribution in [0.2, 0.25) is 0 Å². The Morgan fingerprint density at radius 3 is 2.03 bits per heavy atom. The Bertz CT molecular complexity index is 1010. The maximum atomic E-state index is 12.4. The van der Waals surface area contributed by atoms with Crippen molar-refractivity contribution < 1.29 is 18.0 Å². The molecule has 0 heterocycles. The monoisotopic (exact) mass is 413 g/mol. The zero-order valence-electron chi connectivity index (χ0n) is 16.2. The zero-order chi connectivity index (χ0) is 21.4. The van der Waals surface area contributed by atoms with Crippen LogP contribution in [0.1, 0.15) is 30.6 Å². The Hall–Kier alpha value is -3.15. The lowest BCUT2D eigenvalue weighted by atomic mass is 10.1. The molecule has 0 fully saturated rings. The van der Waals surface area contributed by atoms with Gasteiger partial charge in [0.25, 0.3) is 5.91 Å². The van der Waals surface area contributed by atoms with Gasteiger partial charge < -0.3 is 10.6 Å². The van der Waals surface area contributed by atoms with Crippen LogP contribution in [0, 0.1) is 18.3 Å². The van der Waals surface area contributed by atoms with Gasteiger partial charge in [-0.25, -0.2) is 8.42 Å². The van der Waals surface area contributed by atoms with Crippen LogP contribution >= 0.6 is 0 Å². The third-order valence-electron chi connectivity index (χ3n) is 3.81. The predicted molar refractivity (Wildman–Crippen MR) is 113 cm³/mol. The van der Waals surface area contributed by atoms with Crippen LogP contribution in [0.25, 0.3) is 0 Å². The number of carbonyl (C=O) groups excluding carboxylic acids is 2. The lowest BCUT2D eigenvalue weighted by Gasteiger charge is -2.09. The maximum Gasteiger partial charge on any atom is 0.255 e. The van der Waals surface area contributed by atoms with Gasteiger partial charge in [-0.2, -0.15) is 4.72 Å². The van der Waals surface area contributed by atoms with Crippen LogP contribution in [0.5, 0.6) is 0 Å². The molecule has 3 N–H and O–H groups in total. The van der Waals surface area contributed by atoms with Crippen molar-refractivity contribution in [2.45, 2.75) is 25.2 Å². The first-order valence-corrected chi connectivity index (χ1v) is 10.4. The summed E-state index contributed by atoms with van der Waals surface area (Å²) in [7, 11) is -3.70. The van der Waals surface area contributed by atoms with Crippen molar-refractivity contribution in [2.24, 2.45) is 5.92 Å². The summed E-state index contributed by atoms with van der Waals surface area (Å²) in [6, 6.07) is 12.2. The number of anilines is 2. The molecular weight excluding hydrogens is 390 g/mol. The average Bonchev–Trinajstić information content (AvgIpc) is 2.67. The second-order valence-electron chi connectivity index (χ2n) is 6.73. The first-order chi connectivity index (χ1) is 13.7. The van der Waals surface area contributed by atoms with Crippen molar-refractivity contribution in [3.63, 3.8) is 0 Å². The molecule has 2 amide bonds. The fourth-order valence-corrected chi connectivity index (χ4v) is 3.36. The number of amides is 2. The number of nitrogens with one attached hydrogen (secondary N) is 3. The Labute approximate surface area is 171 Å². The maximum absolute atomic E-state index is 12.4. The van der Waals surface area contributed by atoms with E-state index in [-0.39, 0.29) is 29.2 Å². The van der Waals surface area contributed by atoms with Crippen LogP contribution in [0.3, 0.4) is 0 Å². The molecule has 2 aromatic rings. The van der Waals surface area contributed by atoms with E-state index in [1.165, 1.54) is 24.3 Å². The average molecular weight is 413 g/mol. The number of carbonyl (C=O) groups is 2. The van der Waals surface area contributed by atoms with E-state index in [2.05, 4.69) is 21.3 Å². The van der Waals surface area contributed by atoms with Gasteiger partial charge in [0.05, 0.1) is 11.4 Å². The van der Waals surface area contributed by atoms with Gasteiger partial charge in [0.2, 0.25) is 15.9 Å². The molecule has 152 valence electrons. The largest absolute Gasteiger partial charge is 0.326 e. The molecule has 0 radical (unpaired) electrons. The highest BCUT2D eigenvalue weighted by atomic mass is 32.2. The fourth-order valence-electron chi connectivity index (χ4n) is 2.43. The second kappa shape index (κ2) is 9.87. The molecule has 7 nitrogen and oxygen atoms in total. The summed E-state index contributed by atoms with van der Waals surface area (Å²) in [4.78, 5) is 24.2. The van der Waals surface area contributed by atoms with Gasteiger partial charge in [-0.15, -0.1) is 6.42 Å². The number of sulfonamides is 1. The van der Waals surface area contributed by atoms with Crippen molar-refractivity contribution in [1.82, 2.24) is 4.72 Å². The predicted octanol–water partition coefficient (Wildman–Crippen LogP) is 2.84. The summed E-state index contributed by atoms with van der Waals surface area (Å²) in [6.45, 7) is 3.82. The smallest absolute Gasteiger partial charge is 0.255 e. The highest BCUT2D eigenvalue weighted by molar-refractivity contribution is 7.89. The van der Waals surface area contributed by atoms with Crippen LogP contribution in [0.4, 0.5) is 11.4 Å². The van der Waals surface area contributed by atoms with Gasteiger partial charge in [-0.05, 0) is 54.4 Å². The SMILES string of the molecule is C#CCNS(=O)(=O)c1ccc(C(=O)Nc2ccc(NC(=O)CC(C)C)cc2)cc1. The van der Waals surface area contributed by atoms with E-state index in [0.717, 1.165) is 0 Å². The molecule has 0 saturated heterocycles. The van der Waals surface area contributed by atoms with Crippen LogP contribution in [-0.2, 0) is 14.8 Å². The van der Waals surface area contributed by atoms with E-state index in [4.69, 9.17) is 6.42 Å². The highest BCUT2D eigenvalue weighted by Gasteiger charge is 2.14. The summed E-state index contributed by atoms with van der Waals surface area (Å²) in [5.41, 5.74) is 1.49. The first kappa shape index (κ1) is 22.1. The van der Waals surface area contributed by atoms with Gasteiger partial charge >= 0.3 is 0 Å². The molecule has 0 unspecified atom stereocenters. The summed E-state index contributed by atoms with van der Waals surface area (Å²) < 4.78 is 26.2. The Morgan fingerprint density at radius 1 is 0.966 bits per heavy atom. The molecule has 29 heavy (non-hydrogen) atoms. The van der Waals surface area contributed by atoms with Crippen LogP contribution in [-0.4, -0.2) is 26.8 Å². The van der Waals surface area contributed by atoms with Gasteiger partial charge in [0.1, 0.15) is 0 Å². The van der Waals surface area contributed by atoms with Gasteiger partial charge in [0, 0.05) is 23.4 Å². The third-order valence-corrected chi connectivity index (χ3v) is 5.23. The standard InChI is InChI=1S/C21H23N3O4S/c1-4-13-22-29(27,28)19-11-5-16(6-12-19)21(26)24-18-9-7-17(8-10-18)23-20(25)14-15(2)3/h1,5-12,15,22H,13-14H2,2-3H3,(H,23,25)(H,24,26). The number of benzene rings is 2. The molecule has 8 heteroatoms. The molecule has 0 saturated carbocycles. The van der Waals surface area contributed by atoms with E-state index < -0.39 is 10.0 Å². The molecule has 0 aromatic heterocycles. The van der Waals surface area contributed by atoms with E-state index in [0.29, 0.717) is 23.4 Å². The van der Waals surface area contributed by atoms with Crippen molar-refractivity contribution in [3.05, 3.63) is 54.1 Å². The number of hydrogen-bond donors (Lipinski definition) is 3. The van der Waals surface area contributed by atoms with E-state index in [9.17, 15) is 18.0 Å². The van der Waals surface area contributed by atoms with Gasteiger partial charge in [0.15, 0.2) is 0 Å². The molecule has 0 bridgehead atoms. The molecule has 0 aliphatic rings. The first-order valence-electron chi connectivity index (χ1n) is 8.95. The molecule has 2 aromatic carbocycles. The topological polar surface area (TPSA) is 104 Å².